The molecule has 1 amide bonds. The number of ether oxygens (including phenoxy) is 1. The number of primary amides is 1. The summed E-state index contributed by atoms with van der Waals surface area (Å²) in [6, 6.07) is 21.9. The summed E-state index contributed by atoms with van der Waals surface area (Å²) in [5.74, 6) is 0.356. The number of amides is 1. The monoisotopic (exact) mass is 347 g/mol. The normalized spacial score (nSPS) is 13.3. The summed E-state index contributed by atoms with van der Waals surface area (Å²) < 4.78 is 5.70. The molecule has 26 heavy (non-hydrogen) atoms. The van der Waals surface area contributed by atoms with Crippen molar-refractivity contribution in [1.82, 2.24) is 0 Å². The fraction of sp³-hybridized carbons (Fsp3) is 0.261. The number of methoxy groups -OCH3 is 1. The molecule has 3 heteroatoms. The Morgan fingerprint density at radius 3 is 2.35 bits per heavy atom. The Morgan fingerprint density at radius 1 is 1.00 bits per heavy atom. The Kier molecular flexibility index (Phi) is 5.27. The van der Waals surface area contributed by atoms with Gasteiger partial charge in [0.05, 0.1) is 7.11 Å². The van der Waals surface area contributed by atoms with Crippen LogP contribution in [0.3, 0.4) is 0 Å². The topological polar surface area (TPSA) is 52.3 Å². The van der Waals surface area contributed by atoms with Gasteiger partial charge in [0, 0.05) is 5.56 Å². The average Bonchev–Trinajstić information content (AvgIpc) is 2.69. The van der Waals surface area contributed by atoms with Gasteiger partial charge in [0.25, 0.3) is 0 Å². The number of rotatable bonds is 7. The lowest BCUT2D eigenvalue weighted by Gasteiger charge is -2.34. The molecule has 0 heterocycles. The van der Waals surface area contributed by atoms with Gasteiger partial charge in [0.2, 0.25) is 5.91 Å². The number of nitrogens with two attached hydrogens (primary N) is 1. The standard InChI is InChI=1S/C23H25NO2/c1-3-4-16-23(22(24)25,18-11-6-5-7-12-18)21-19-13-9-8-10-17(19)14-15-20(21)26-2/h5-15H,3-4,16H2,1-2H3,(H2,24,25). The summed E-state index contributed by atoms with van der Waals surface area (Å²) in [4.78, 5) is 13.0. The van der Waals surface area contributed by atoms with Crippen molar-refractivity contribution in [2.45, 2.75) is 31.6 Å². The van der Waals surface area contributed by atoms with Crippen LogP contribution in [0.15, 0.2) is 66.7 Å². The minimum absolute atomic E-state index is 0.341. The van der Waals surface area contributed by atoms with Crippen molar-refractivity contribution in [2.24, 2.45) is 5.73 Å². The molecular formula is C23H25NO2. The van der Waals surface area contributed by atoms with Gasteiger partial charge < -0.3 is 10.5 Å². The lowest BCUT2D eigenvalue weighted by molar-refractivity contribution is -0.122. The molecule has 0 saturated carbocycles. The van der Waals surface area contributed by atoms with E-state index in [9.17, 15) is 4.79 Å². The molecule has 0 aliphatic rings. The third-order valence-corrected chi connectivity index (χ3v) is 5.13. The van der Waals surface area contributed by atoms with Gasteiger partial charge in [0.15, 0.2) is 0 Å². The van der Waals surface area contributed by atoms with Crippen molar-refractivity contribution in [3.8, 4) is 5.75 Å². The summed E-state index contributed by atoms with van der Waals surface area (Å²) in [6.45, 7) is 2.12. The average molecular weight is 347 g/mol. The maximum atomic E-state index is 13.0. The Bertz CT molecular complexity index is 904. The molecule has 3 aromatic rings. The number of hydrogen-bond donors (Lipinski definition) is 1. The molecule has 0 aliphatic carbocycles. The molecule has 134 valence electrons. The van der Waals surface area contributed by atoms with E-state index < -0.39 is 5.41 Å². The molecule has 0 radical (unpaired) electrons. The van der Waals surface area contributed by atoms with Crippen molar-refractivity contribution in [1.29, 1.82) is 0 Å². The molecule has 0 aliphatic heterocycles. The highest BCUT2D eigenvalue weighted by Crippen LogP contribution is 2.45. The maximum absolute atomic E-state index is 13.0. The SMILES string of the molecule is CCCCC(C(N)=O)(c1ccccc1)c1c(OC)ccc2ccccc12. The van der Waals surface area contributed by atoms with E-state index in [2.05, 4.69) is 13.0 Å². The maximum Gasteiger partial charge on any atom is 0.232 e. The third kappa shape index (κ3) is 2.94. The Labute approximate surface area is 154 Å². The summed E-state index contributed by atoms with van der Waals surface area (Å²) in [7, 11) is 1.64. The second-order valence-electron chi connectivity index (χ2n) is 6.60. The van der Waals surface area contributed by atoms with Crippen LogP contribution in [0.2, 0.25) is 0 Å². The van der Waals surface area contributed by atoms with Crippen LogP contribution in [0, 0.1) is 0 Å². The van der Waals surface area contributed by atoms with Crippen LogP contribution in [0.25, 0.3) is 10.8 Å². The highest BCUT2D eigenvalue weighted by Gasteiger charge is 2.43. The molecule has 0 bridgehead atoms. The molecular weight excluding hydrogens is 322 g/mol. The van der Waals surface area contributed by atoms with Gasteiger partial charge in [-0.15, -0.1) is 0 Å². The first-order chi connectivity index (χ1) is 12.6. The summed E-state index contributed by atoms with van der Waals surface area (Å²) in [5.41, 5.74) is 6.95. The Balaban J connectivity index is 2.42. The van der Waals surface area contributed by atoms with Gasteiger partial charge in [-0.3, -0.25) is 4.79 Å². The number of carbonyl (C=O) groups is 1. The van der Waals surface area contributed by atoms with Crippen LogP contribution in [-0.4, -0.2) is 13.0 Å². The zero-order chi connectivity index (χ0) is 18.6. The fourth-order valence-electron chi connectivity index (χ4n) is 3.83. The number of hydrogen-bond acceptors (Lipinski definition) is 2. The zero-order valence-corrected chi connectivity index (χ0v) is 15.4. The van der Waals surface area contributed by atoms with E-state index in [0.717, 1.165) is 34.7 Å². The third-order valence-electron chi connectivity index (χ3n) is 5.13. The second-order valence-corrected chi connectivity index (χ2v) is 6.60. The van der Waals surface area contributed by atoms with E-state index in [4.69, 9.17) is 10.5 Å². The first-order valence-corrected chi connectivity index (χ1v) is 9.06. The summed E-state index contributed by atoms with van der Waals surface area (Å²) in [6.07, 6.45) is 2.52. The first-order valence-electron chi connectivity index (χ1n) is 9.06. The van der Waals surface area contributed by atoms with Crippen molar-refractivity contribution in [3.05, 3.63) is 77.9 Å². The van der Waals surface area contributed by atoms with Crippen molar-refractivity contribution < 1.29 is 9.53 Å². The van der Waals surface area contributed by atoms with Gasteiger partial charge in [-0.1, -0.05) is 80.4 Å². The molecule has 2 N–H and O–H groups in total. The van der Waals surface area contributed by atoms with Gasteiger partial charge in [-0.2, -0.15) is 0 Å². The number of fused-ring (bicyclic) bond motifs is 1. The molecule has 1 atom stereocenters. The zero-order valence-electron chi connectivity index (χ0n) is 15.4. The van der Waals surface area contributed by atoms with Crippen molar-refractivity contribution >= 4 is 16.7 Å². The highest BCUT2D eigenvalue weighted by molar-refractivity contribution is 5.99. The smallest absolute Gasteiger partial charge is 0.232 e. The van der Waals surface area contributed by atoms with E-state index in [1.807, 2.05) is 60.7 Å². The molecule has 3 rings (SSSR count). The molecule has 3 nitrogen and oxygen atoms in total. The predicted octanol–water partition coefficient (Wildman–Crippen LogP) is 4.81. The Hall–Kier alpha value is -2.81. The van der Waals surface area contributed by atoms with Gasteiger partial charge in [-0.25, -0.2) is 0 Å². The van der Waals surface area contributed by atoms with Crippen LogP contribution < -0.4 is 10.5 Å². The van der Waals surface area contributed by atoms with E-state index in [0.29, 0.717) is 12.2 Å². The minimum Gasteiger partial charge on any atom is -0.496 e. The van der Waals surface area contributed by atoms with Crippen LogP contribution in [0.4, 0.5) is 0 Å². The lowest BCUT2D eigenvalue weighted by atomic mass is 9.68. The number of benzene rings is 3. The molecule has 0 fully saturated rings. The van der Waals surface area contributed by atoms with Gasteiger partial charge in [0.1, 0.15) is 11.2 Å². The fourth-order valence-corrected chi connectivity index (χ4v) is 3.83. The number of carbonyl (C=O) groups excluding carboxylic acids is 1. The molecule has 0 spiro atoms. The molecule has 3 aromatic carbocycles. The highest BCUT2D eigenvalue weighted by atomic mass is 16.5. The summed E-state index contributed by atoms with van der Waals surface area (Å²) >= 11 is 0. The van der Waals surface area contributed by atoms with E-state index in [1.165, 1.54) is 0 Å². The van der Waals surface area contributed by atoms with Crippen LogP contribution in [-0.2, 0) is 10.2 Å². The van der Waals surface area contributed by atoms with Crippen molar-refractivity contribution in [2.75, 3.05) is 7.11 Å². The van der Waals surface area contributed by atoms with Crippen LogP contribution >= 0.6 is 0 Å². The lowest BCUT2D eigenvalue weighted by Crippen LogP contribution is -2.42. The largest absolute Gasteiger partial charge is 0.496 e. The quantitative estimate of drug-likeness (QED) is 0.667. The predicted molar refractivity (Wildman–Crippen MR) is 106 cm³/mol. The van der Waals surface area contributed by atoms with Gasteiger partial charge in [-0.05, 0) is 28.8 Å². The second kappa shape index (κ2) is 7.61. The van der Waals surface area contributed by atoms with E-state index in [1.54, 1.807) is 7.11 Å². The Morgan fingerprint density at radius 2 is 1.69 bits per heavy atom. The van der Waals surface area contributed by atoms with Gasteiger partial charge >= 0.3 is 0 Å². The first kappa shape index (κ1) is 18.0. The molecule has 1 unspecified atom stereocenters. The summed E-state index contributed by atoms with van der Waals surface area (Å²) in [5, 5.41) is 2.08. The molecule has 0 saturated heterocycles. The van der Waals surface area contributed by atoms with E-state index >= 15 is 0 Å². The molecule has 0 aromatic heterocycles. The van der Waals surface area contributed by atoms with Crippen LogP contribution in [0.1, 0.15) is 37.3 Å². The van der Waals surface area contributed by atoms with Crippen LogP contribution in [0.5, 0.6) is 5.75 Å². The van der Waals surface area contributed by atoms with Crippen molar-refractivity contribution in [3.63, 3.8) is 0 Å². The number of unbranched alkanes of at least 4 members (excludes halogenated alkanes) is 1. The minimum atomic E-state index is -0.927. The van der Waals surface area contributed by atoms with E-state index in [-0.39, 0.29) is 5.91 Å².